The van der Waals surface area contributed by atoms with E-state index in [4.69, 9.17) is 14.6 Å². The maximum atomic E-state index is 5.40. The fourth-order valence-corrected chi connectivity index (χ4v) is 3.36. The Hall–Kier alpha value is -3.34. The molecule has 2 heterocycles. The van der Waals surface area contributed by atoms with Crippen molar-refractivity contribution >= 4 is 11.0 Å². The third-order valence-corrected chi connectivity index (χ3v) is 5.15. The molecule has 2 aromatic heterocycles. The smallest absolute Gasteiger partial charge is 0.139 e. The van der Waals surface area contributed by atoms with Gasteiger partial charge in [-0.25, -0.2) is 4.98 Å². The van der Waals surface area contributed by atoms with Gasteiger partial charge in [0.2, 0.25) is 0 Å². The lowest BCUT2D eigenvalue weighted by atomic mass is 10.0. The summed E-state index contributed by atoms with van der Waals surface area (Å²) in [6, 6.07) is 16.3. The predicted molar refractivity (Wildman–Crippen MR) is 111 cm³/mol. The first-order valence-electron chi connectivity index (χ1n) is 9.20. The SMILES string of the molecule is COc1ccc(Cn2nc(-c3cccc(C)c3C)c3ncc(OC)cc32)cc1. The lowest BCUT2D eigenvalue weighted by molar-refractivity contribution is 0.413. The molecular formula is C23H23N3O2. The highest BCUT2D eigenvalue weighted by molar-refractivity contribution is 5.91. The number of nitrogens with zero attached hydrogens (tertiary/aromatic N) is 3. The van der Waals surface area contributed by atoms with Crippen LogP contribution in [0.4, 0.5) is 0 Å². The molecule has 2 aromatic carbocycles. The first-order valence-corrected chi connectivity index (χ1v) is 9.20. The minimum absolute atomic E-state index is 0.639. The zero-order valence-corrected chi connectivity index (χ0v) is 16.6. The molecule has 0 aliphatic carbocycles. The van der Waals surface area contributed by atoms with Gasteiger partial charge in [0, 0.05) is 11.6 Å². The summed E-state index contributed by atoms with van der Waals surface area (Å²) in [7, 11) is 3.32. The van der Waals surface area contributed by atoms with Crippen LogP contribution in [0.15, 0.2) is 54.7 Å². The van der Waals surface area contributed by atoms with Gasteiger partial charge in [0.1, 0.15) is 22.7 Å². The van der Waals surface area contributed by atoms with E-state index in [0.29, 0.717) is 6.54 Å². The van der Waals surface area contributed by atoms with Crippen molar-refractivity contribution < 1.29 is 9.47 Å². The van der Waals surface area contributed by atoms with Crippen LogP contribution in [0.5, 0.6) is 11.5 Å². The van der Waals surface area contributed by atoms with Crippen LogP contribution >= 0.6 is 0 Å². The number of hydrogen-bond acceptors (Lipinski definition) is 4. The molecule has 0 amide bonds. The van der Waals surface area contributed by atoms with Crippen LogP contribution in [0, 0.1) is 13.8 Å². The molecule has 5 heteroatoms. The second kappa shape index (κ2) is 7.35. The highest BCUT2D eigenvalue weighted by atomic mass is 16.5. The van der Waals surface area contributed by atoms with Gasteiger partial charge in [-0.1, -0.05) is 30.3 Å². The molecule has 4 rings (SSSR count). The van der Waals surface area contributed by atoms with Gasteiger partial charge in [0.25, 0.3) is 0 Å². The second-order valence-electron chi connectivity index (χ2n) is 6.84. The monoisotopic (exact) mass is 373 g/mol. The summed E-state index contributed by atoms with van der Waals surface area (Å²) in [6.07, 6.45) is 1.75. The minimum Gasteiger partial charge on any atom is -0.497 e. The van der Waals surface area contributed by atoms with E-state index in [-0.39, 0.29) is 0 Å². The molecule has 0 unspecified atom stereocenters. The zero-order chi connectivity index (χ0) is 19.7. The van der Waals surface area contributed by atoms with Gasteiger partial charge in [-0.15, -0.1) is 0 Å². The lowest BCUT2D eigenvalue weighted by Gasteiger charge is -2.06. The van der Waals surface area contributed by atoms with Crippen LogP contribution in [-0.4, -0.2) is 29.0 Å². The minimum atomic E-state index is 0.639. The third-order valence-electron chi connectivity index (χ3n) is 5.15. The van der Waals surface area contributed by atoms with E-state index in [0.717, 1.165) is 39.4 Å². The number of hydrogen-bond donors (Lipinski definition) is 0. The Morgan fingerprint density at radius 3 is 2.39 bits per heavy atom. The Bertz CT molecular complexity index is 1130. The summed E-state index contributed by atoms with van der Waals surface area (Å²) >= 11 is 0. The summed E-state index contributed by atoms with van der Waals surface area (Å²) in [5.41, 5.74) is 7.43. The van der Waals surface area contributed by atoms with E-state index in [2.05, 4.69) is 49.2 Å². The van der Waals surface area contributed by atoms with Crippen LogP contribution in [-0.2, 0) is 6.54 Å². The van der Waals surface area contributed by atoms with Gasteiger partial charge in [0.15, 0.2) is 0 Å². The molecule has 0 bridgehead atoms. The Labute approximate surface area is 164 Å². The van der Waals surface area contributed by atoms with Gasteiger partial charge in [-0.2, -0.15) is 5.10 Å². The van der Waals surface area contributed by atoms with Crippen molar-refractivity contribution in [3.05, 3.63) is 71.4 Å². The third kappa shape index (κ3) is 3.20. The molecule has 142 valence electrons. The average molecular weight is 373 g/mol. The molecule has 0 aliphatic rings. The van der Waals surface area contributed by atoms with Crippen LogP contribution in [0.25, 0.3) is 22.3 Å². The second-order valence-corrected chi connectivity index (χ2v) is 6.84. The predicted octanol–water partition coefficient (Wildman–Crippen LogP) is 4.78. The number of ether oxygens (including phenoxy) is 2. The summed E-state index contributed by atoms with van der Waals surface area (Å²) in [5, 5.41) is 4.94. The zero-order valence-electron chi connectivity index (χ0n) is 16.6. The quantitative estimate of drug-likeness (QED) is 0.505. The molecule has 0 saturated heterocycles. The molecule has 0 fully saturated rings. The van der Waals surface area contributed by atoms with Crippen molar-refractivity contribution in [2.75, 3.05) is 14.2 Å². The molecule has 0 atom stereocenters. The molecule has 0 N–H and O–H groups in total. The normalized spacial score (nSPS) is 11.0. The van der Waals surface area contributed by atoms with E-state index in [1.165, 1.54) is 11.1 Å². The van der Waals surface area contributed by atoms with Crippen LogP contribution in [0.3, 0.4) is 0 Å². The van der Waals surface area contributed by atoms with Crippen molar-refractivity contribution in [2.45, 2.75) is 20.4 Å². The highest BCUT2D eigenvalue weighted by Gasteiger charge is 2.17. The summed E-state index contributed by atoms with van der Waals surface area (Å²) in [6.45, 7) is 4.88. The average Bonchev–Trinajstić information content (AvgIpc) is 3.08. The van der Waals surface area contributed by atoms with Gasteiger partial charge in [-0.05, 0) is 42.7 Å². The molecule has 0 radical (unpaired) electrons. The standard InChI is InChI=1S/C23H23N3O2/c1-15-6-5-7-20(16(15)2)22-23-21(12-19(28-4)13-24-23)26(25-22)14-17-8-10-18(27-3)11-9-17/h5-13H,14H2,1-4H3. The van der Waals surface area contributed by atoms with Gasteiger partial charge in [-0.3, -0.25) is 4.68 Å². The summed E-state index contributed by atoms with van der Waals surface area (Å²) < 4.78 is 12.6. The topological polar surface area (TPSA) is 49.2 Å². The number of aromatic nitrogens is 3. The van der Waals surface area contributed by atoms with Crippen molar-refractivity contribution in [3.8, 4) is 22.8 Å². The van der Waals surface area contributed by atoms with Crippen LogP contribution < -0.4 is 9.47 Å². The van der Waals surface area contributed by atoms with E-state index in [1.54, 1.807) is 20.4 Å². The van der Waals surface area contributed by atoms with Gasteiger partial charge in [0.05, 0.1) is 32.5 Å². The van der Waals surface area contributed by atoms with Gasteiger partial charge >= 0.3 is 0 Å². The largest absolute Gasteiger partial charge is 0.497 e. The number of benzene rings is 2. The van der Waals surface area contributed by atoms with Crippen molar-refractivity contribution in [3.63, 3.8) is 0 Å². The number of methoxy groups -OCH3 is 2. The summed E-state index contributed by atoms with van der Waals surface area (Å²) in [5.74, 6) is 1.56. The Kier molecular flexibility index (Phi) is 4.74. The molecule has 0 aliphatic heterocycles. The Balaban J connectivity index is 1.86. The lowest BCUT2D eigenvalue weighted by Crippen LogP contribution is -2.02. The number of fused-ring (bicyclic) bond motifs is 1. The number of rotatable bonds is 5. The highest BCUT2D eigenvalue weighted by Crippen LogP contribution is 2.32. The fourth-order valence-electron chi connectivity index (χ4n) is 3.36. The molecule has 0 saturated carbocycles. The van der Waals surface area contributed by atoms with Crippen molar-refractivity contribution in [1.82, 2.24) is 14.8 Å². The summed E-state index contributed by atoms with van der Waals surface area (Å²) in [4.78, 5) is 4.66. The Morgan fingerprint density at radius 1 is 0.929 bits per heavy atom. The van der Waals surface area contributed by atoms with E-state index < -0.39 is 0 Å². The number of pyridine rings is 1. The number of aryl methyl sites for hydroxylation is 1. The van der Waals surface area contributed by atoms with Crippen LogP contribution in [0.1, 0.15) is 16.7 Å². The first kappa shape index (κ1) is 18.0. The van der Waals surface area contributed by atoms with E-state index in [1.807, 2.05) is 22.9 Å². The fraction of sp³-hybridized carbons (Fsp3) is 0.217. The van der Waals surface area contributed by atoms with Crippen molar-refractivity contribution in [1.29, 1.82) is 0 Å². The Morgan fingerprint density at radius 2 is 1.68 bits per heavy atom. The maximum Gasteiger partial charge on any atom is 0.139 e. The first-order chi connectivity index (χ1) is 13.6. The molecule has 28 heavy (non-hydrogen) atoms. The molecule has 0 spiro atoms. The maximum absolute atomic E-state index is 5.40. The van der Waals surface area contributed by atoms with Crippen molar-refractivity contribution in [2.24, 2.45) is 0 Å². The molecular weight excluding hydrogens is 350 g/mol. The molecule has 5 nitrogen and oxygen atoms in total. The van der Waals surface area contributed by atoms with E-state index >= 15 is 0 Å². The van der Waals surface area contributed by atoms with Gasteiger partial charge < -0.3 is 9.47 Å². The van der Waals surface area contributed by atoms with Crippen LogP contribution in [0.2, 0.25) is 0 Å². The van der Waals surface area contributed by atoms with E-state index in [9.17, 15) is 0 Å². The molecule has 4 aromatic rings.